The fraction of sp³-hybridized carbons (Fsp3) is 0.417. The molecule has 0 heterocycles. The molecule has 1 aromatic carbocycles. The van der Waals surface area contributed by atoms with Gasteiger partial charge in [0, 0.05) is 6.04 Å². The van der Waals surface area contributed by atoms with Crippen molar-refractivity contribution in [1.29, 1.82) is 0 Å². The van der Waals surface area contributed by atoms with Crippen molar-refractivity contribution in [3.05, 3.63) is 29.8 Å². The highest BCUT2D eigenvalue weighted by atomic mass is 35.5. The molecule has 1 N–H and O–H groups in total. The highest BCUT2D eigenvalue weighted by molar-refractivity contribution is 6.30. The van der Waals surface area contributed by atoms with E-state index in [1.165, 1.54) is 0 Å². The summed E-state index contributed by atoms with van der Waals surface area (Å²) in [5.74, 6) is 0.583. The Morgan fingerprint density at radius 1 is 1.56 bits per heavy atom. The second-order valence-electron chi connectivity index (χ2n) is 3.92. The number of hydrogen-bond donors (Lipinski definition) is 1. The van der Waals surface area contributed by atoms with Crippen LogP contribution in [0.1, 0.15) is 23.8 Å². The molecule has 2 rings (SSSR count). The summed E-state index contributed by atoms with van der Waals surface area (Å²) in [4.78, 5) is 11.7. The average Bonchev–Trinajstić information content (AvgIpc) is 3.12. The Labute approximate surface area is 99.7 Å². The third kappa shape index (κ3) is 2.67. The molecule has 1 aliphatic rings. The maximum Gasteiger partial charge on any atom is 0.242 e. The van der Waals surface area contributed by atoms with Gasteiger partial charge in [0.25, 0.3) is 0 Å². The van der Waals surface area contributed by atoms with E-state index < -0.39 is 5.38 Å². The standard InChI is InChI=1S/C12H14ClNO2/c1-16-10-4-2-3-8(7-10)11(13)12(15)14-9-5-6-9/h2-4,7,9,11H,5-6H2,1H3,(H,14,15). The molecule has 1 saturated carbocycles. The van der Waals surface area contributed by atoms with Crippen LogP contribution in [0.2, 0.25) is 0 Å². The molecule has 0 bridgehead atoms. The van der Waals surface area contributed by atoms with E-state index in [1.54, 1.807) is 13.2 Å². The molecular formula is C12H14ClNO2. The largest absolute Gasteiger partial charge is 0.497 e. The molecule has 1 aliphatic carbocycles. The van der Waals surface area contributed by atoms with Gasteiger partial charge < -0.3 is 10.1 Å². The minimum atomic E-state index is -0.643. The van der Waals surface area contributed by atoms with Gasteiger partial charge in [0.1, 0.15) is 11.1 Å². The number of nitrogens with one attached hydrogen (secondary N) is 1. The van der Waals surface area contributed by atoms with Gasteiger partial charge in [0.05, 0.1) is 7.11 Å². The van der Waals surface area contributed by atoms with E-state index in [9.17, 15) is 4.79 Å². The predicted octanol–water partition coefficient (Wildman–Crippen LogP) is 2.25. The summed E-state index contributed by atoms with van der Waals surface area (Å²) in [6.07, 6.45) is 2.13. The van der Waals surface area contributed by atoms with E-state index in [0.717, 1.165) is 18.4 Å². The fourth-order valence-corrected chi connectivity index (χ4v) is 1.65. The van der Waals surface area contributed by atoms with Crippen molar-refractivity contribution in [2.24, 2.45) is 0 Å². The van der Waals surface area contributed by atoms with Crippen molar-refractivity contribution in [2.75, 3.05) is 7.11 Å². The summed E-state index contributed by atoms with van der Waals surface area (Å²) in [5, 5.41) is 2.24. The molecule has 3 nitrogen and oxygen atoms in total. The number of halogens is 1. The Morgan fingerprint density at radius 2 is 2.31 bits per heavy atom. The summed E-state index contributed by atoms with van der Waals surface area (Å²) in [5.41, 5.74) is 0.763. The lowest BCUT2D eigenvalue weighted by Gasteiger charge is -2.11. The topological polar surface area (TPSA) is 38.3 Å². The van der Waals surface area contributed by atoms with E-state index >= 15 is 0 Å². The Balaban J connectivity index is 2.05. The third-order valence-corrected chi connectivity index (χ3v) is 2.99. The molecule has 1 fully saturated rings. The van der Waals surface area contributed by atoms with Gasteiger partial charge in [0.2, 0.25) is 5.91 Å². The van der Waals surface area contributed by atoms with Crippen LogP contribution in [0.4, 0.5) is 0 Å². The zero-order valence-electron chi connectivity index (χ0n) is 9.07. The molecule has 4 heteroatoms. The van der Waals surface area contributed by atoms with Crippen molar-refractivity contribution in [3.63, 3.8) is 0 Å². The van der Waals surface area contributed by atoms with E-state index in [2.05, 4.69) is 5.32 Å². The molecule has 1 aromatic rings. The maximum absolute atomic E-state index is 11.7. The number of rotatable bonds is 4. The number of carbonyl (C=O) groups is 1. The van der Waals surface area contributed by atoms with Gasteiger partial charge in [-0.3, -0.25) is 4.79 Å². The van der Waals surface area contributed by atoms with Crippen molar-refractivity contribution in [2.45, 2.75) is 24.3 Å². The quantitative estimate of drug-likeness (QED) is 0.819. The highest BCUT2D eigenvalue weighted by Crippen LogP contribution is 2.26. The lowest BCUT2D eigenvalue weighted by molar-refractivity contribution is -0.121. The first-order chi connectivity index (χ1) is 7.70. The summed E-state index contributed by atoms with van der Waals surface area (Å²) >= 11 is 6.09. The molecule has 0 saturated heterocycles. The number of amides is 1. The second-order valence-corrected chi connectivity index (χ2v) is 4.36. The number of ether oxygens (including phenoxy) is 1. The van der Waals surface area contributed by atoms with Crippen LogP contribution in [-0.2, 0) is 4.79 Å². The first-order valence-corrected chi connectivity index (χ1v) is 5.73. The number of alkyl halides is 1. The fourth-order valence-electron chi connectivity index (χ4n) is 1.45. The first kappa shape index (κ1) is 11.3. The monoisotopic (exact) mass is 239 g/mol. The smallest absolute Gasteiger partial charge is 0.242 e. The molecule has 1 amide bonds. The predicted molar refractivity (Wildman–Crippen MR) is 62.8 cm³/mol. The molecule has 16 heavy (non-hydrogen) atoms. The third-order valence-electron chi connectivity index (χ3n) is 2.54. The number of benzene rings is 1. The normalized spacial score (nSPS) is 16.6. The average molecular weight is 240 g/mol. The van der Waals surface area contributed by atoms with E-state index in [0.29, 0.717) is 11.8 Å². The molecule has 0 aromatic heterocycles. The van der Waals surface area contributed by atoms with Gasteiger partial charge in [-0.15, -0.1) is 11.6 Å². The zero-order chi connectivity index (χ0) is 11.5. The summed E-state index contributed by atoms with van der Waals surface area (Å²) in [7, 11) is 1.59. The van der Waals surface area contributed by atoms with Crippen molar-refractivity contribution in [1.82, 2.24) is 5.32 Å². The van der Waals surface area contributed by atoms with E-state index in [1.807, 2.05) is 18.2 Å². The van der Waals surface area contributed by atoms with Crippen LogP contribution in [0, 0.1) is 0 Å². The lowest BCUT2D eigenvalue weighted by atomic mass is 10.1. The Kier molecular flexibility index (Phi) is 3.34. The molecule has 0 aliphatic heterocycles. The van der Waals surface area contributed by atoms with E-state index in [-0.39, 0.29) is 5.91 Å². The highest BCUT2D eigenvalue weighted by Gasteiger charge is 2.27. The Hall–Kier alpha value is -1.22. The van der Waals surface area contributed by atoms with Crippen molar-refractivity contribution < 1.29 is 9.53 Å². The first-order valence-electron chi connectivity index (χ1n) is 5.29. The molecule has 1 unspecified atom stereocenters. The van der Waals surface area contributed by atoms with Crippen LogP contribution < -0.4 is 10.1 Å². The molecule has 1 atom stereocenters. The van der Waals surface area contributed by atoms with Crippen molar-refractivity contribution in [3.8, 4) is 5.75 Å². The van der Waals surface area contributed by atoms with Crippen LogP contribution in [0.5, 0.6) is 5.75 Å². The van der Waals surface area contributed by atoms with Gasteiger partial charge in [-0.25, -0.2) is 0 Å². The molecule has 0 radical (unpaired) electrons. The Bertz CT molecular complexity index is 390. The van der Waals surface area contributed by atoms with Gasteiger partial charge >= 0.3 is 0 Å². The molecular weight excluding hydrogens is 226 g/mol. The van der Waals surface area contributed by atoms with Gasteiger partial charge in [0.15, 0.2) is 0 Å². The lowest BCUT2D eigenvalue weighted by Crippen LogP contribution is -2.28. The maximum atomic E-state index is 11.7. The van der Waals surface area contributed by atoms with Gasteiger partial charge in [-0.1, -0.05) is 12.1 Å². The minimum Gasteiger partial charge on any atom is -0.497 e. The summed E-state index contributed by atoms with van der Waals surface area (Å²) < 4.78 is 5.09. The second kappa shape index (κ2) is 4.74. The SMILES string of the molecule is COc1cccc(C(Cl)C(=O)NC2CC2)c1. The van der Waals surface area contributed by atoms with Crippen LogP contribution >= 0.6 is 11.6 Å². The number of methoxy groups -OCH3 is 1. The van der Waals surface area contributed by atoms with Crippen LogP contribution in [0.15, 0.2) is 24.3 Å². The van der Waals surface area contributed by atoms with Gasteiger partial charge in [-0.2, -0.15) is 0 Å². The van der Waals surface area contributed by atoms with Crippen molar-refractivity contribution >= 4 is 17.5 Å². The number of hydrogen-bond acceptors (Lipinski definition) is 2. The summed E-state index contributed by atoms with van der Waals surface area (Å²) in [6, 6.07) is 7.59. The number of carbonyl (C=O) groups excluding carboxylic acids is 1. The minimum absolute atomic E-state index is 0.127. The molecule has 86 valence electrons. The zero-order valence-corrected chi connectivity index (χ0v) is 9.83. The van der Waals surface area contributed by atoms with Crippen LogP contribution in [0.3, 0.4) is 0 Å². The van der Waals surface area contributed by atoms with Crippen LogP contribution in [-0.4, -0.2) is 19.1 Å². The van der Waals surface area contributed by atoms with Gasteiger partial charge in [-0.05, 0) is 30.5 Å². The molecule has 0 spiro atoms. The Morgan fingerprint density at radius 3 is 2.94 bits per heavy atom. The summed E-state index contributed by atoms with van der Waals surface area (Å²) in [6.45, 7) is 0. The van der Waals surface area contributed by atoms with Crippen LogP contribution in [0.25, 0.3) is 0 Å². The van der Waals surface area contributed by atoms with E-state index in [4.69, 9.17) is 16.3 Å².